The lowest BCUT2D eigenvalue weighted by Crippen LogP contribution is -2.03. The number of aldehydes is 1. The van der Waals surface area contributed by atoms with Gasteiger partial charge in [0, 0.05) is 21.2 Å². The maximum absolute atomic E-state index is 11.4. The Hall–Kier alpha value is -2.49. The van der Waals surface area contributed by atoms with Crippen molar-refractivity contribution in [1.82, 2.24) is 0 Å². The smallest absolute Gasteiger partial charge is 0.172 e. The first-order chi connectivity index (χ1) is 12.7. The topological polar surface area (TPSA) is 35.5 Å². The van der Waals surface area contributed by atoms with E-state index < -0.39 is 0 Å². The van der Waals surface area contributed by atoms with E-state index in [-0.39, 0.29) is 13.2 Å². The number of halogens is 2. The summed E-state index contributed by atoms with van der Waals surface area (Å²) in [7, 11) is 0. The molecule has 0 aliphatic carbocycles. The van der Waals surface area contributed by atoms with E-state index in [1.807, 2.05) is 36.4 Å². The lowest BCUT2D eigenvalue weighted by Gasteiger charge is -2.15. The number of carbonyl (C=O) groups excluding carboxylic acids is 1. The molecule has 0 atom stereocenters. The predicted octanol–water partition coefficient (Wildman–Crippen LogP) is 5.96. The minimum Gasteiger partial charge on any atom is -0.485 e. The molecule has 0 saturated carbocycles. The molecule has 0 aromatic heterocycles. The Morgan fingerprint density at radius 2 is 1.31 bits per heavy atom. The molecule has 3 nitrogen and oxygen atoms in total. The fourth-order valence-corrected chi connectivity index (χ4v) is 2.81. The molecular weight excluding hydrogens is 371 g/mol. The zero-order valence-corrected chi connectivity index (χ0v) is 15.3. The van der Waals surface area contributed by atoms with Crippen molar-refractivity contribution in [3.05, 3.63) is 93.5 Å². The van der Waals surface area contributed by atoms with Gasteiger partial charge >= 0.3 is 0 Å². The van der Waals surface area contributed by atoms with Gasteiger partial charge in [-0.05, 0) is 24.3 Å². The van der Waals surface area contributed by atoms with E-state index in [0.29, 0.717) is 27.1 Å². The molecule has 0 saturated heterocycles. The van der Waals surface area contributed by atoms with Crippen LogP contribution in [0.5, 0.6) is 11.5 Å². The zero-order valence-electron chi connectivity index (χ0n) is 13.8. The molecule has 0 aliphatic heterocycles. The Morgan fingerprint density at radius 3 is 1.88 bits per heavy atom. The second kappa shape index (κ2) is 8.75. The van der Waals surface area contributed by atoms with Crippen molar-refractivity contribution in [1.29, 1.82) is 0 Å². The second-order valence-corrected chi connectivity index (χ2v) is 6.37. The Kier molecular flexibility index (Phi) is 6.16. The lowest BCUT2D eigenvalue weighted by molar-refractivity contribution is 0.111. The second-order valence-electron chi connectivity index (χ2n) is 5.55. The van der Waals surface area contributed by atoms with Crippen LogP contribution in [0.1, 0.15) is 21.5 Å². The summed E-state index contributed by atoms with van der Waals surface area (Å²) < 4.78 is 11.7. The fraction of sp³-hybridized carbons (Fsp3) is 0.0952. The maximum Gasteiger partial charge on any atom is 0.172 e. The van der Waals surface area contributed by atoms with E-state index in [9.17, 15) is 4.79 Å². The molecule has 0 amide bonds. The molecule has 0 aliphatic rings. The van der Waals surface area contributed by atoms with Crippen molar-refractivity contribution in [3.63, 3.8) is 0 Å². The van der Waals surface area contributed by atoms with E-state index in [4.69, 9.17) is 32.7 Å². The Bertz CT molecular complexity index is 909. The Morgan fingerprint density at radius 1 is 0.731 bits per heavy atom. The third-order valence-corrected chi connectivity index (χ3v) is 4.54. The third-order valence-electron chi connectivity index (χ3n) is 3.81. The average molecular weight is 387 g/mol. The normalized spacial score (nSPS) is 10.4. The van der Waals surface area contributed by atoms with E-state index in [1.54, 1.807) is 30.3 Å². The molecule has 132 valence electrons. The van der Waals surface area contributed by atoms with Crippen molar-refractivity contribution in [2.24, 2.45) is 0 Å². The van der Waals surface area contributed by atoms with Gasteiger partial charge in [0.1, 0.15) is 13.2 Å². The van der Waals surface area contributed by atoms with Gasteiger partial charge in [-0.15, -0.1) is 0 Å². The van der Waals surface area contributed by atoms with E-state index in [0.717, 1.165) is 17.4 Å². The van der Waals surface area contributed by atoms with Gasteiger partial charge in [-0.1, -0.05) is 65.7 Å². The van der Waals surface area contributed by atoms with Crippen molar-refractivity contribution >= 4 is 29.5 Å². The molecule has 0 spiro atoms. The summed E-state index contributed by atoms with van der Waals surface area (Å²) in [5.74, 6) is 0.857. The Balaban J connectivity index is 1.81. The molecule has 3 aromatic carbocycles. The quantitative estimate of drug-likeness (QED) is 0.469. The van der Waals surface area contributed by atoms with Crippen LogP contribution in [-0.4, -0.2) is 6.29 Å². The number of hydrogen-bond donors (Lipinski definition) is 0. The van der Waals surface area contributed by atoms with E-state index in [1.165, 1.54) is 0 Å². The molecule has 5 heteroatoms. The Labute approximate surface area is 162 Å². The summed E-state index contributed by atoms with van der Waals surface area (Å²) in [5.41, 5.74) is 2.09. The minimum atomic E-state index is 0.229. The summed E-state index contributed by atoms with van der Waals surface area (Å²) >= 11 is 12.3. The molecule has 0 unspecified atom stereocenters. The minimum absolute atomic E-state index is 0.229. The van der Waals surface area contributed by atoms with Gasteiger partial charge in [-0.3, -0.25) is 4.79 Å². The van der Waals surface area contributed by atoms with Gasteiger partial charge < -0.3 is 9.47 Å². The maximum atomic E-state index is 11.4. The van der Waals surface area contributed by atoms with Crippen molar-refractivity contribution in [2.45, 2.75) is 13.2 Å². The molecule has 0 radical (unpaired) electrons. The van der Waals surface area contributed by atoms with Crippen LogP contribution in [-0.2, 0) is 13.2 Å². The highest BCUT2D eigenvalue weighted by Gasteiger charge is 2.13. The first-order valence-electron chi connectivity index (χ1n) is 7.99. The number of para-hydroxylation sites is 1. The molecule has 0 N–H and O–H groups in total. The van der Waals surface area contributed by atoms with Crippen LogP contribution in [0.2, 0.25) is 10.0 Å². The summed E-state index contributed by atoms with van der Waals surface area (Å²) in [6, 6.07) is 20.0. The highest BCUT2D eigenvalue weighted by molar-refractivity contribution is 6.31. The van der Waals surface area contributed by atoms with E-state index >= 15 is 0 Å². The van der Waals surface area contributed by atoms with Gasteiger partial charge in [0.05, 0.1) is 5.56 Å². The highest BCUT2D eigenvalue weighted by atomic mass is 35.5. The van der Waals surface area contributed by atoms with Crippen LogP contribution in [0.25, 0.3) is 0 Å². The molecule has 26 heavy (non-hydrogen) atoms. The number of hydrogen-bond acceptors (Lipinski definition) is 3. The number of benzene rings is 3. The largest absolute Gasteiger partial charge is 0.485 e. The number of ether oxygens (including phenoxy) is 2. The first kappa shape index (κ1) is 18.3. The summed E-state index contributed by atoms with van der Waals surface area (Å²) in [4.78, 5) is 11.4. The molecule has 3 aromatic rings. The molecule has 0 bridgehead atoms. The third kappa shape index (κ3) is 4.37. The van der Waals surface area contributed by atoms with Gasteiger partial charge in [0.2, 0.25) is 0 Å². The molecule has 0 fully saturated rings. The van der Waals surface area contributed by atoms with Gasteiger partial charge in [-0.25, -0.2) is 0 Å². The van der Waals surface area contributed by atoms with Crippen molar-refractivity contribution in [3.8, 4) is 11.5 Å². The molecular formula is C21H16Cl2O3. The van der Waals surface area contributed by atoms with Crippen molar-refractivity contribution in [2.75, 3.05) is 0 Å². The van der Waals surface area contributed by atoms with Gasteiger partial charge in [-0.2, -0.15) is 0 Å². The van der Waals surface area contributed by atoms with Crippen LogP contribution in [0.3, 0.4) is 0 Å². The van der Waals surface area contributed by atoms with Crippen LogP contribution in [0, 0.1) is 0 Å². The van der Waals surface area contributed by atoms with Gasteiger partial charge in [0.15, 0.2) is 17.8 Å². The standard InChI is InChI=1S/C21H16Cl2O3/c22-18-9-3-1-6-16(18)13-25-20-11-5-8-15(12-24)21(20)26-14-17-7-2-4-10-19(17)23/h1-12H,13-14H2. The molecule has 3 rings (SSSR count). The monoisotopic (exact) mass is 386 g/mol. The van der Waals surface area contributed by atoms with E-state index in [2.05, 4.69) is 0 Å². The molecule has 0 heterocycles. The number of rotatable bonds is 7. The first-order valence-corrected chi connectivity index (χ1v) is 8.75. The number of carbonyl (C=O) groups is 1. The van der Waals surface area contributed by atoms with Crippen molar-refractivity contribution < 1.29 is 14.3 Å². The SMILES string of the molecule is O=Cc1cccc(OCc2ccccc2Cl)c1OCc1ccccc1Cl. The van der Waals surface area contributed by atoms with Crippen LogP contribution >= 0.6 is 23.2 Å². The summed E-state index contributed by atoms with van der Waals surface area (Å²) in [5, 5.41) is 1.23. The summed E-state index contributed by atoms with van der Waals surface area (Å²) in [6.45, 7) is 0.497. The summed E-state index contributed by atoms with van der Waals surface area (Å²) in [6.07, 6.45) is 0.740. The van der Waals surface area contributed by atoms with Crippen LogP contribution in [0.4, 0.5) is 0 Å². The fourth-order valence-electron chi connectivity index (χ4n) is 2.43. The van der Waals surface area contributed by atoms with Crippen LogP contribution in [0.15, 0.2) is 66.7 Å². The highest BCUT2D eigenvalue weighted by Crippen LogP contribution is 2.33. The predicted molar refractivity (Wildman–Crippen MR) is 103 cm³/mol. The zero-order chi connectivity index (χ0) is 18.4. The lowest BCUT2D eigenvalue weighted by atomic mass is 10.2. The average Bonchev–Trinajstić information content (AvgIpc) is 2.67. The van der Waals surface area contributed by atoms with Gasteiger partial charge in [0.25, 0.3) is 0 Å². The van der Waals surface area contributed by atoms with Crippen LogP contribution < -0.4 is 9.47 Å².